The molecule has 1 heterocycles. The van der Waals surface area contributed by atoms with E-state index < -0.39 is 6.29 Å². The quantitative estimate of drug-likeness (QED) is 0.819. The molecule has 1 aliphatic rings. The van der Waals surface area contributed by atoms with E-state index in [2.05, 4.69) is 21.4 Å². The lowest BCUT2D eigenvalue weighted by molar-refractivity contribution is -0.286. The second kappa shape index (κ2) is 4.24. The van der Waals surface area contributed by atoms with E-state index in [9.17, 15) is 8.78 Å². The molecule has 0 amide bonds. The molecular weight excluding hydrogens is 228 g/mol. The van der Waals surface area contributed by atoms with Crippen molar-refractivity contribution in [2.45, 2.75) is 19.6 Å². The van der Waals surface area contributed by atoms with Crippen molar-refractivity contribution in [2.24, 2.45) is 0 Å². The Morgan fingerprint density at radius 2 is 2.06 bits per heavy atom. The molecule has 0 bridgehead atoms. The van der Waals surface area contributed by atoms with E-state index in [0.717, 1.165) is 12.0 Å². The van der Waals surface area contributed by atoms with Crippen molar-refractivity contribution in [1.29, 1.82) is 0 Å². The molecule has 1 N–H and O–H groups in total. The molecular formula is C12H13F2NO2. The first-order chi connectivity index (χ1) is 7.96. The Bertz CT molecular complexity index is 446. The summed E-state index contributed by atoms with van der Waals surface area (Å²) in [5.74, 6) is 0.107. The number of fused-ring (bicyclic) bond motifs is 1. The SMILES string of the molecule is C=C(C)CCNc1ccc2c(c1)OC(F)(F)O2. The van der Waals surface area contributed by atoms with Gasteiger partial charge in [-0.25, -0.2) is 0 Å². The molecule has 1 aromatic carbocycles. The van der Waals surface area contributed by atoms with Crippen LogP contribution in [0.4, 0.5) is 14.5 Å². The largest absolute Gasteiger partial charge is 0.586 e. The van der Waals surface area contributed by atoms with Crippen LogP contribution in [0.1, 0.15) is 13.3 Å². The number of benzene rings is 1. The molecule has 0 radical (unpaired) electrons. The highest BCUT2D eigenvalue weighted by atomic mass is 19.3. The monoisotopic (exact) mass is 241 g/mol. The van der Waals surface area contributed by atoms with Gasteiger partial charge in [-0.1, -0.05) is 5.57 Å². The van der Waals surface area contributed by atoms with Gasteiger partial charge in [0, 0.05) is 18.3 Å². The van der Waals surface area contributed by atoms with Crippen LogP contribution < -0.4 is 14.8 Å². The zero-order valence-corrected chi connectivity index (χ0v) is 9.43. The Kier molecular flexibility index (Phi) is 2.92. The Balaban J connectivity index is 2.01. The van der Waals surface area contributed by atoms with E-state index in [0.29, 0.717) is 12.2 Å². The topological polar surface area (TPSA) is 30.5 Å². The molecule has 3 nitrogen and oxygen atoms in total. The molecule has 0 saturated carbocycles. The van der Waals surface area contributed by atoms with E-state index in [1.54, 1.807) is 6.07 Å². The second-order valence-electron chi connectivity index (χ2n) is 3.96. The second-order valence-corrected chi connectivity index (χ2v) is 3.96. The molecule has 0 aromatic heterocycles. The van der Waals surface area contributed by atoms with Crippen LogP contribution in [0.5, 0.6) is 11.5 Å². The highest BCUT2D eigenvalue weighted by Crippen LogP contribution is 2.42. The fourth-order valence-corrected chi connectivity index (χ4v) is 1.48. The van der Waals surface area contributed by atoms with Crippen molar-refractivity contribution in [2.75, 3.05) is 11.9 Å². The van der Waals surface area contributed by atoms with Gasteiger partial charge in [0.2, 0.25) is 0 Å². The summed E-state index contributed by atoms with van der Waals surface area (Å²) < 4.78 is 34.1. The minimum atomic E-state index is -3.56. The van der Waals surface area contributed by atoms with Crippen LogP contribution in [0, 0.1) is 0 Å². The summed E-state index contributed by atoms with van der Waals surface area (Å²) in [4.78, 5) is 0. The highest BCUT2D eigenvalue weighted by Gasteiger charge is 2.43. The number of alkyl halides is 2. The first-order valence-corrected chi connectivity index (χ1v) is 5.24. The molecule has 0 fully saturated rings. The van der Waals surface area contributed by atoms with E-state index >= 15 is 0 Å². The summed E-state index contributed by atoms with van der Waals surface area (Å²) in [6.45, 7) is 6.41. The van der Waals surface area contributed by atoms with Gasteiger partial charge in [-0.05, 0) is 25.5 Å². The van der Waals surface area contributed by atoms with Gasteiger partial charge in [0.05, 0.1) is 0 Å². The van der Waals surface area contributed by atoms with Gasteiger partial charge < -0.3 is 14.8 Å². The number of halogens is 2. The fraction of sp³-hybridized carbons (Fsp3) is 0.333. The molecule has 2 rings (SSSR count). The summed E-state index contributed by atoms with van der Waals surface area (Å²) in [5.41, 5.74) is 1.77. The van der Waals surface area contributed by atoms with Crippen LogP contribution in [-0.2, 0) is 0 Å². The summed E-state index contributed by atoms with van der Waals surface area (Å²) in [5, 5.41) is 3.09. The summed E-state index contributed by atoms with van der Waals surface area (Å²) in [6.07, 6.45) is -2.73. The molecule has 5 heteroatoms. The Hall–Kier alpha value is -1.78. The van der Waals surface area contributed by atoms with Crippen LogP contribution in [0.3, 0.4) is 0 Å². The van der Waals surface area contributed by atoms with E-state index in [1.165, 1.54) is 12.1 Å². The van der Waals surface area contributed by atoms with Gasteiger partial charge in [-0.15, -0.1) is 15.4 Å². The number of ether oxygens (including phenoxy) is 2. The van der Waals surface area contributed by atoms with E-state index in [4.69, 9.17) is 0 Å². The number of anilines is 1. The van der Waals surface area contributed by atoms with Crippen LogP contribution in [-0.4, -0.2) is 12.8 Å². The van der Waals surface area contributed by atoms with Crippen molar-refractivity contribution in [1.82, 2.24) is 0 Å². The maximum absolute atomic E-state index is 12.8. The lowest BCUT2D eigenvalue weighted by atomic mass is 10.2. The first kappa shape index (κ1) is 11.7. The van der Waals surface area contributed by atoms with Gasteiger partial charge in [-0.3, -0.25) is 0 Å². The zero-order chi connectivity index (χ0) is 12.5. The average molecular weight is 241 g/mol. The fourth-order valence-electron chi connectivity index (χ4n) is 1.48. The molecule has 0 unspecified atom stereocenters. The number of hydrogen-bond donors (Lipinski definition) is 1. The summed E-state index contributed by atoms with van der Waals surface area (Å²) in [7, 11) is 0. The van der Waals surface area contributed by atoms with Crippen LogP contribution in [0.15, 0.2) is 30.4 Å². The summed E-state index contributed by atoms with van der Waals surface area (Å²) >= 11 is 0. The molecule has 0 atom stereocenters. The van der Waals surface area contributed by atoms with Gasteiger partial charge >= 0.3 is 6.29 Å². The Labute approximate surface area is 98.0 Å². The van der Waals surface area contributed by atoms with E-state index in [-0.39, 0.29) is 11.5 Å². The maximum Gasteiger partial charge on any atom is 0.586 e. The lowest BCUT2D eigenvalue weighted by Gasteiger charge is -2.06. The lowest BCUT2D eigenvalue weighted by Crippen LogP contribution is -2.25. The molecule has 0 spiro atoms. The highest BCUT2D eigenvalue weighted by molar-refractivity contribution is 5.55. The molecule has 92 valence electrons. The smallest absolute Gasteiger partial charge is 0.395 e. The molecule has 1 aliphatic heterocycles. The van der Waals surface area contributed by atoms with E-state index in [1.807, 2.05) is 6.92 Å². The van der Waals surface area contributed by atoms with Crippen molar-refractivity contribution in [3.63, 3.8) is 0 Å². The normalized spacial score (nSPS) is 15.7. The maximum atomic E-state index is 12.8. The number of rotatable bonds is 4. The van der Waals surface area contributed by atoms with Gasteiger partial charge in [0.25, 0.3) is 0 Å². The van der Waals surface area contributed by atoms with Crippen molar-refractivity contribution in [3.8, 4) is 11.5 Å². The number of hydrogen-bond acceptors (Lipinski definition) is 3. The van der Waals surface area contributed by atoms with Crippen LogP contribution in [0.25, 0.3) is 0 Å². The third kappa shape index (κ3) is 2.87. The predicted octanol–water partition coefficient (Wildman–Crippen LogP) is 3.39. The van der Waals surface area contributed by atoms with Gasteiger partial charge in [-0.2, -0.15) is 0 Å². The minimum Gasteiger partial charge on any atom is -0.395 e. The zero-order valence-electron chi connectivity index (χ0n) is 9.43. The van der Waals surface area contributed by atoms with Crippen molar-refractivity contribution in [3.05, 3.63) is 30.4 Å². The minimum absolute atomic E-state index is 0.0512. The standard InChI is InChI=1S/C12H13F2NO2/c1-8(2)5-6-15-9-3-4-10-11(7-9)17-12(13,14)16-10/h3-4,7,15H,1,5-6H2,2H3. The van der Waals surface area contributed by atoms with Gasteiger partial charge in [0.1, 0.15) is 0 Å². The average Bonchev–Trinajstić information content (AvgIpc) is 2.50. The van der Waals surface area contributed by atoms with Gasteiger partial charge in [0.15, 0.2) is 11.5 Å². The molecule has 0 aliphatic carbocycles. The van der Waals surface area contributed by atoms with Crippen molar-refractivity contribution >= 4 is 5.69 Å². The molecule has 17 heavy (non-hydrogen) atoms. The predicted molar refractivity (Wildman–Crippen MR) is 60.6 cm³/mol. The molecule has 0 saturated heterocycles. The number of nitrogens with one attached hydrogen (secondary N) is 1. The molecule has 1 aromatic rings. The van der Waals surface area contributed by atoms with Crippen molar-refractivity contribution < 1.29 is 18.3 Å². The third-order valence-electron chi connectivity index (χ3n) is 2.28. The summed E-state index contributed by atoms with van der Waals surface area (Å²) in [6, 6.07) is 4.62. The third-order valence-corrected chi connectivity index (χ3v) is 2.28. The Morgan fingerprint density at radius 3 is 2.76 bits per heavy atom. The van der Waals surface area contributed by atoms with Crippen LogP contribution in [0.2, 0.25) is 0 Å². The van der Waals surface area contributed by atoms with Crippen LogP contribution >= 0.6 is 0 Å². The first-order valence-electron chi connectivity index (χ1n) is 5.24. The Morgan fingerprint density at radius 1 is 1.35 bits per heavy atom.